The molecule has 0 aliphatic carbocycles. The van der Waals surface area contributed by atoms with Crippen molar-refractivity contribution >= 4 is 58.2 Å². The number of methoxy groups -OCH3 is 1. The van der Waals surface area contributed by atoms with Gasteiger partial charge in [0.1, 0.15) is 23.3 Å². The molecule has 178 valence electrons. The number of anilines is 1. The van der Waals surface area contributed by atoms with Crippen LogP contribution in [-0.4, -0.2) is 17.9 Å². The van der Waals surface area contributed by atoms with Crippen molar-refractivity contribution in [2.45, 2.75) is 6.61 Å². The number of para-hydroxylation sites is 1. The van der Waals surface area contributed by atoms with Gasteiger partial charge in [0, 0.05) is 32.9 Å². The van der Waals surface area contributed by atoms with E-state index in [1.54, 1.807) is 36.4 Å². The van der Waals surface area contributed by atoms with E-state index in [0.717, 1.165) is 6.07 Å². The predicted molar refractivity (Wildman–Crippen MR) is 134 cm³/mol. The fourth-order valence-electron chi connectivity index (χ4n) is 2.98. The molecule has 0 saturated heterocycles. The van der Waals surface area contributed by atoms with Gasteiger partial charge in [0.15, 0.2) is 11.5 Å². The lowest BCUT2D eigenvalue weighted by Crippen LogP contribution is -2.13. The summed E-state index contributed by atoms with van der Waals surface area (Å²) in [5.74, 6) is -0.128. The van der Waals surface area contributed by atoms with Crippen LogP contribution in [0.1, 0.15) is 11.1 Å². The van der Waals surface area contributed by atoms with Crippen molar-refractivity contribution in [2.75, 3.05) is 12.4 Å². The molecule has 3 aromatic carbocycles. The zero-order valence-electron chi connectivity index (χ0n) is 18.1. The first-order valence-electron chi connectivity index (χ1n) is 9.84. The van der Waals surface area contributed by atoms with Crippen molar-refractivity contribution in [3.05, 3.63) is 96.5 Å². The lowest BCUT2D eigenvalue weighted by Gasteiger charge is -2.14. The molecule has 0 fully saturated rings. The molecule has 0 radical (unpaired) electrons. The Morgan fingerprint density at radius 1 is 1.14 bits per heavy atom. The predicted octanol–water partition coefficient (Wildman–Crippen LogP) is 6.69. The molecule has 1 N–H and O–H groups in total. The summed E-state index contributed by atoms with van der Waals surface area (Å²) in [4.78, 5) is 23.1. The quantitative estimate of drug-likeness (QED) is 0.150. The average molecular weight is 533 g/mol. The zero-order chi connectivity index (χ0) is 25.5. The van der Waals surface area contributed by atoms with Gasteiger partial charge in [-0.15, -0.1) is 0 Å². The third-order valence-electron chi connectivity index (χ3n) is 4.68. The van der Waals surface area contributed by atoms with Gasteiger partial charge < -0.3 is 14.8 Å². The van der Waals surface area contributed by atoms with Gasteiger partial charge in [-0.3, -0.25) is 14.9 Å². The monoisotopic (exact) mass is 531 g/mol. The topological polar surface area (TPSA) is 114 Å². The second-order valence-corrected chi connectivity index (χ2v) is 8.20. The van der Waals surface area contributed by atoms with E-state index in [0.29, 0.717) is 26.9 Å². The SMILES string of the molecule is COc1cccc(/C=C(\C#N)C(=O)Nc2ccc(Cl)c([N+](=O)[O-])c2)c1OCc1ccc(Cl)cc1Cl. The Morgan fingerprint density at radius 3 is 2.57 bits per heavy atom. The van der Waals surface area contributed by atoms with Crippen LogP contribution < -0.4 is 14.8 Å². The van der Waals surface area contributed by atoms with Gasteiger partial charge in [-0.25, -0.2) is 0 Å². The Labute approximate surface area is 215 Å². The van der Waals surface area contributed by atoms with Crippen molar-refractivity contribution in [3.8, 4) is 17.6 Å². The van der Waals surface area contributed by atoms with Crippen molar-refractivity contribution in [1.82, 2.24) is 0 Å². The Hall–Kier alpha value is -3.77. The minimum atomic E-state index is -0.779. The molecular formula is C24H16Cl3N3O5. The number of amides is 1. The normalized spacial score (nSPS) is 10.9. The molecule has 0 saturated carbocycles. The summed E-state index contributed by atoms with van der Waals surface area (Å²) in [5.41, 5.74) is 0.510. The molecule has 8 nitrogen and oxygen atoms in total. The fourth-order valence-corrected chi connectivity index (χ4v) is 3.63. The third-order valence-corrected chi connectivity index (χ3v) is 5.59. The van der Waals surface area contributed by atoms with E-state index in [-0.39, 0.29) is 34.3 Å². The molecule has 3 rings (SSSR count). The molecular weight excluding hydrogens is 517 g/mol. The second-order valence-electron chi connectivity index (χ2n) is 6.95. The number of ether oxygens (including phenoxy) is 2. The van der Waals surface area contributed by atoms with Crippen molar-refractivity contribution in [2.24, 2.45) is 0 Å². The fraction of sp³-hybridized carbons (Fsp3) is 0.0833. The van der Waals surface area contributed by atoms with Gasteiger partial charge in [0.25, 0.3) is 11.6 Å². The summed E-state index contributed by atoms with van der Waals surface area (Å²) in [7, 11) is 1.45. The first-order valence-corrected chi connectivity index (χ1v) is 11.0. The Kier molecular flexibility index (Phi) is 8.55. The van der Waals surface area contributed by atoms with E-state index in [9.17, 15) is 20.2 Å². The van der Waals surface area contributed by atoms with E-state index in [4.69, 9.17) is 44.3 Å². The molecule has 11 heteroatoms. The third kappa shape index (κ3) is 6.43. The van der Waals surface area contributed by atoms with E-state index >= 15 is 0 Å². The molecule has 0 heterocycles. The summed E-state index contributed by atoms with van der Waals surface area (Å²) < 4.78 is 11.3. The molecule has 1 amide bonds. The van der Waals surface area contributed by atoms with Crippen molar-refractivity contribution < 1.29 is 19.2 Å². The maximum Gasteiger partial charge on any atom is 0.289 e. The smallest absolute Gasteiger partial charge is 0.289 e. The van der Waals surface area contributed by atoms with E-state index < -0.39 is 10.8 Å². The first-order chi connectivity index (χ1) is 16.7. The highest BCUT2D eigenvalue weighted by molar-refractivity contribution is 6.35. The molecule has 0 bridgehead atoms. The summed E-state index contributed by atoms with van der Waals surface area (Å²) in [5, 5.41) is 24.0. The number of hydrogen-bond donors (Lipinski definition) is 1. The average Bonchev–Trinajstić information content (AvgIpc) is 2.83. The van der Waals surface area contributed by atoms with Crippen LogP contribution in [-0.2, 0) is 11.4 Å². The lowest BCUT2D eigenvalue weighted by atomic mass is 10.1. The minimum Gasteiger partial charge on any atom is -0.493 e. The van der Waals surface area contributed by atoms with Gasteiger partial charge in [-0.2, -0.15) is 5.26 Å². The number of nitriles is 1. The van der Waals surface area contributed by atoms with E-state index in [2.05, 4.69) is 5.32 Å². The number of nitrogens with one attached hydrogen (secondary N) is 1. The highest BCUT2D eigenvalue weighted by atomic mass is 35.5. The first kappa shape index (κ1) is 25.8. The number of nitro groups is 1. The summed E-state index contributed by atoms with van der Waals surface area (Å²) >= 11 is 18.0. The van der Waals surface area contributed by atoms with Crippen LogP contribution in [0.4, 0.5) is 11.4 Å². The number of benzene rings is 3. The number of hydrogen-bond acceptors (Lipinski definition) is 6. The minimum absolute atomic E-state index is 0.0692. The Bertz CT molecular complexity index is 1370. The van der Waals surface area contributed by atoms with Gasteiger partial charge >= 0.3 is 0 Å². The number of halogens is 3. The van der Waals surface area contributed by atoms with Gasteiger partial charge in [-0.05, 0) is 36.4 Å². The molecule has 3 aromatic rings. The standard InChI is InChI=1S/C24H16Cl3N3O5/c1-34-22-4-2-3-14(23(22)35-13-15-5-6-17(25)10-20(15)27)9-16(12-28)24(31)29-18-7-8-19(26)21(11-18)30(32)33/h2-11H,13H2,1H3,(H,29,31)/b16-9+. The molecule has 0 atom stereocenters. The van der Waals surface area contributed by atoms with Crippen LogP contribution in [0.5, 0.6) is 11.5 Å². The van der Waals surface area contributed by atoms with Crippen LogP contribution in [0.25, 0.3) is 6.08 Å². The Balaban J connectivity index is 1.90. The van der Waals surface area contributed by atoms with Gasteiger partial charge in [0.05, 0.1) is 12.0 Å². The number of nitrogens with zero attached hydrogens (tertiary/aromatic N) is 2. The zero-order valence-corrected chi connectivity index (χ0v) is 20.3. The number of carbonyl (C=O) groups excluding carboxylic acids is 1. The Morgan fingerprint density at radius 2 is 1.91 bits per heavy atom. The summed E-state index contributed by atoms with van der Waals surface area (Å²) in [6.45, 7) is 0.0692. The molecule has 0 unspecified atom stereocenters. The molecule has 0 aliphatic heterocycles. The maximum absolute atomic E-state index is 12.7. The van der Waals surface area contributed by atoms with Crippen molar-refractivity contribution in [3.63, 3.8) is 0 Å². The molecule has 0 aliphatic rings. The second kappa shape index (κ2) is 11.6. The van der Waals surface area contributed by atoms with E-state index in [1.807, 2.05) is 6.07 Å². The van der Waals surface area contributed by atoms with Gasteiger partial charge in [0.2, 0.25) is 0 Å². The lowest BCUT2D eigenvalue weighted by molar-refractivity contribution is -0.384. The molecule has 0 aromatic heterocycles. The summed E-state index contributed by atoms with van der Waals surface area (Å²) in [6.07, 6.45) is 1.32. The number of carbonyl (C=O) groups is 1. The van der Waals surface area contributed by atoms with Crippen LogP contribution >= 0.6 is 34.8 Å². The molecule has 35 heavy (non-hydrogen) atoms. The summed E-state index contributed by atoms with van der Waals surface area (Å²) in [6, 6.07) is 15.5. The van der Waals surface area contributed by atoms with Crippen LogP contribution in [0.2, 0.25) is 15.1 Å². The van der Waals surface area contributed by atoms with Gasteiger partial charge in [-0.1, -0.05) is 53.0 Å². The maximum atomic E-state index is 12.7. The number of nitro benzene ring substituents is 1. The number of rotatable bonds is 8. The largest absolute Gasteiger partial charge is 0.493 e. The van der Waals surface area contributed by atoms with E-state index in [1.165, 1.54) is 25.3 Å². The van der Waals surface area contributed by atoms with Crippen LogP contribution in [0, 0.1) is 21.4 Å². The molecule has 0 spiro atoms. The van der Waals surface area contributed by atoms with Crippen LogP contribution in [0.3, 0.4) is 0 Å². The van der Waals surface area contributed by atoms with Crippen LogP contribution in [0.15, 0.2) is 60.2 Å². The van der Waals surface area contributed by atoms with Crippen molar-refractivity contribution in [1.29, 1.82) is 5.26 Å². The highest BCUT2D eigenvalue weighted by Gasteiger charge is 2.17. The highest BCUT2D eigenvalue weighted by Crippen LogP contribution is 2.34.